The fraction of sp³-hybridized carbons (Fsp3) is 0.267. The Bertz CT molecular complexity index is 1370. The lowest BCUT2D eigenvalue weighted by molar-refractivity contribution is -0.384. The van der Waals surface area contributed by atoms with Crippen LogP contribution >= 0.6 is 0 Å². The summed E-state index contributed by atoms with van der Waals surface area (Å²) >= 11 is 0. The number of amides is 1. The van der Waals surface area contributed by atoms with Crippen LogP contribution in [0.2, 0.25) is 0 Å². The third kappa shape index (κ3) is 5.21. The SMILES string of the molecule is CC(C)n1cc(-c2cc(C(=O)N3CCN(C(c4ccccc4)c4ccccc4)CC3)ccc2[N+](=O)[O-])cn1. The van der Waals surface area contributed by atoms with Crippen LogP contribution in [0.1, 0.15) is 47.4 Å². The lowest BCUT2D eigenvalue weighted by Gasteiger charge is -2.39. The molecule has 4 aromatic rings. The Labute approximate surface area is 222 Å². The van der Waals surface area contributed by atoms with E-state index in [1.54, 1.807) is 29.2 Å². The smallest absolute Gasteiger partial charge is 0.277 e. The van der Waals surface area contributed by atoms with Crippen molar-refractivity contribution in [2.45, 2.75) is 25.9 Å². The van der Waals surface area contributed by atoms with E-state index in [-0.39, 0.29) is 23.7 Å². The molecule has 8 heteroatoms. The molecule has 8 nitrogen and oxygen atoms in total. The molecule has 1 aromatic heterocycles. The predicted octanol–water partition coefficient (Wildman–Crippen LogP) is 5.59. The number of nitrogens with zero attached hydrogens (tertiary/aromatic N) is 5. The second-order valence-electron chi connectivity index (χ2n) is 9.84. The zero-order valence-corrected chi connectivity index (χ0v) is 21.6. The van der Waals surface area contributed by atoms with Crippen molar-refractivity contribution in [3.05, 3.63) is 118 Å². The highest BCUT2D eigenvalue weighted by atomic mass is 16.6. The van der Waals surface area contributed by atoms with Gasteiger partial charge in [-0.15, -0.1) is 0 Å². The van der Waals surface area contributed by atoms with E-state index in [0.717, 1.165) is 13.1 Å². The lowest BCUT2D eigenvalue weighted by Crippen LogP contribution is -2.49. The van der Waals surface area contributed by atoms with E-state index in [1.807, 2.05) is 30.9 Å². The zero-order valence-electron chi connectivity index (χ0n) is 21.6. The molecule has 1 saturated heterocycles. The van der Waals surface area contributed by atoms with Crippen LogP contribution in [0.5, 0.6) is 0 Å². The maximum atomic E-state index is 13.5. The molecule has 194 valence electrons. The number of benzene rings is 3. The molecule has 0 bridgehead atoms. The van der Waals surface area contributed by atoms with E-state index in [0.29, 0.717) is 29.8 Å². The van der Waals surface area contributed by atoms with Crippen LogP contribution < -0.4 is 0 Å². The molecule has 3 aromatic carbocycles. The first-order valence-corrected chi connectivity index (χ1v) is 12.9. The Hall–Kier alpha value is -4.30. The number of hydrogen-bond acceptors (Lipinski definition) is 5. The summed E-state index contributed by atoms with van der Waals surface area (Å²) in [7, 11) is 0. The third-order valence-corrected chi connectivity index (χ3v) is 7.08. The van der Waals surface area contributed by atoms with Gasteiger partial charge < -0.3 is 4.90 Å². The normalized spacial score (nSPS) is 14.3. The Morgan fingerprint density at radius 3 is 2.03 bits per heavy atom. The minimum absolute atomic E-state index is 0.0387. The van der Waals surface area contributed by atoms with Gasteiger partial charge >= 0.3 is 0 Å². The van der Waals surface area contributed by atoms with E-state index in [9.17, 15) is 14.9 Å². The summed E-state index contributed by atoms with van der Waals surface area (Å²) in [6.45, 7) is 6.58. The lowest BCUT2D eigenvalue weighted by atomic mass is 9.96. The van der Waals surface area contributed by atoms with Gasteiger partial charge in [0.2, 0.25) is 0 Å². The van der Waals surface area contributed by atoms with Crippen LogP contribution in [-0.4, -0.2) is 56.6 Å². The largest absolute Gasteiger partial charge is 0.336 e. The molecule has 0 unspecified atom stereocenters. The average molecular weight is 510 g/mol. The number of carbonyl (C=O) groups is 1. The Kier molecular flexibility index (Phi) is 7.33. The van der Waals surface area contributed by atoms with Crippen molar-refractivity contribution in [2.24, 2.45) is 0 Å². The van der Waals surface area contributed by atoms with Gasteiger partial charge in [0.15, 0.2) is 0 Å². The second kappa shape index (κ2) is 11.0. The van der Waals surface area contributed by atoms with Crippen molar-refractivity contribution in [3.8, 4) is 11.1 Å². The maximum Gasteiger partial charge on any atom is 0.277 e. The topological polar surface area (TPSA) is 84.5 Å². The summed E-state index contributed by atoms with van der Waals surface area (Å²) < 4.78 is 1.75. The van der Waals surface area contributed by atoms with Gasteiger partial charge in [0.05, 0.1) is 22.7 Å². The predicted molar refractivity (Wildman–Crippen MR) is 147 cm³/mol. The van der Waals surface area contributed by atoms with Crippen LogP contribution in [0, 0.1) is 10.1 Å². The second-order valence-corrected chi connectivity index (χ2v) is 9.84. The van der Waals surface area contributed by atoms with Crippen molar-refractivity contribution in [1.29, 1.82) is 0 Å². The maximum absolute atomic E-state index is 13.5. The Balaban J connectivity index is 1.36. The van der Waals surface area contributed by atoms with Crippen molar-refractivity contribution in [1.82, 2.24) is 19.6 Å². The van der Waals surface area contributed by atoms with Gasteiger partial charge in [0, 0.05) is 55.6 Å². The number of nitro groups is 1. The zero-order chi connectivity index (χ0) is 26.6. The standard InChI is InChI=1S/C30H31N5O3/c1-22(2)34-21-26(20-31-34)27-19-25(13-14-28(27)35(37)38)30(36)33-17-15-32(16-18-33)29(23-9-5-3-6-10-23)24-11-7-4-8-12-24/h3-14,19-22,29H,15-18H2,1-2H3. The van der Waals surface area contributed by atoms with Gasteiger partial charge in [-0.25, -0.2) is 0 Å². The highest BCUT2D eigenvalue weighted by Gasteiger charge is 2.29. The summed E-state index contributed by atoms with van der Waals surface area (Å²) in [5, 5.41) is 16.1. The molecule has 0 saturated carbocycles. The molecule has 1 aliphatic heterocycles. The van der Waals surface area contributed by atoms with Crippen molar-refractivity contribution in [2.75, 3.05) is 26.2 Å². The van der Waals surface area contributed by atoms with Crippen LogP contribution in [0.25, 0.3) is 11.1 Å². The fourth-order valence-corrected chi connectivity index (χ4v) is 5.07. The quantitative estimate of drug-likeness (QED) is 0.240. The molecule has 1 aliphatic rings. The van der Waals surface area contributed by atoms with Gasteiger partial charge in [-0.05, 0) is 37.1 Å². The monoisotopic (exact) mass is 509 g/mol. The summed E-state index contributed by atoms with van der Waals surface area (Å²) in [4.78, 5) is 29.1. The van der Waals surface area contributed by atoms with E-state index >= 15 is 0 Å². The summed E-state index contributed by atoms with van der Waals surface area (Å²) in [6, 6.07) is 25.7. The minimum Gasteiger partial charge on any atom is -0.336 e. The van der Waals surface area contributed by atoms with Crippen LogP contribution in [0.3, 0.4) is 0 Å². The molecule has 0 spiro atoms. The van der Waals surface area contributed by atoms with Gasteiger partial charge in [-0.2, -0.15) is 5.10 Å². The first kappa shape index (κ1) is 25.4. The summed E-state index contributed by atoms with van der Waals surface area (Å²) in [5.74, 6) is -0.118. The number of hydrogen-bond donors (Lipinski definition) is 0. The summed E-state index contributed by atoms with van der Waals surface area (Å²) in [6.07, 6.45) is 3.40. The number of rotatable bonds is 7. The molecule has 0 atom stereocenters. The van der Waals surface area contributed by atoms with Gasteiger partial charge in [-0.1, -0.05) is 60.7 Å². The molecule has 0 N–H and O–H groups in total. The van der Waals surface area contributed by atoms with Crippen LogP contribution in [0.4, 0.5) is 5.69 Å². The van der Waals surface area contributed by atoms with Crippen molar-refractivity contribution >= 4 is 11.6 Å². The molecule has 0 radical (unpaired) electrons. The molecule has 1 amide bonds. The highest BCUT2D eigenvalue weighted by Crippen LogP contribution is 2.33. The summed E-state index contributed by atoms with van der Waals surface area (Å²) in [5.41, 5.74) is 3.88. The number of piperazine rings is 1. The molecule has 1 fully saturated rings. The van der Waals surface area contributed by atoms with E-state index < -0.39 is 4.92 Å². The molecular weight excluding hydrogens is 478 g/mol. The van der Waals surface area contributed by atoms with E-state index in [2.05, 4.69) is 58.5 Å². The third-order valence-electron chi connectivity index (χ3n) is 7.08. The minimum atomic E-state index is -0.414. The Morgan fingerprint density at radius 1 is 0.895 bits per heavy atom. The van der Waals surface area contributed by atoms with Gasteiger partial charge in [0.25, 0.3) is 11.6 Å². The molecule has 2 heterocycles. The number of nitro benzene ring substituents is 1. The Morgan fingerprint density at radius 2 is 1.50 bits per heavy atom. The van der Waals surface area contributed by atoms with Crippen LogP contribution in [0.15, 0.2) is 91.3 Å². The van der Waals surface area contributed by atoms with Gasteiger partial charge in [0.1, 0.15) is 0 Å². The van der Waals surface area contributed by atoms with E-state index in [4.69, 9.17) is 0 Å². The molecule has 0 aliphatic carbocycles. The molecular formula is C30H31N5O3. The number of aromatic nitrogens is 2. The molecule has 38 heavy (non-hydrogen) atoms. The highest BCUT2D eigenvalue weighted by molar-refractivity contribution is 5.96. The van der Waals surface area contributed by atoms with E-state index in [1.165, 1.54) is 17.2 Å². The first-order valence-electron chi connectivity index (χ1n) is 12.9. The number of carbonyl (C=O) groups excluding carboxylic acids is 1. The molecule has 5 rings (SSSR count). The average Bonchev–Trinajstić information content (AvgIpc) is 3.45. The fourth-order valence-electron chi connectivity index (χ4n) is 5.07. The van der Waals surface area contributed by atoms with Crippen molar-refractivity contribution < 1.29 is 9.72 Å². The van der Waals surface area contributed by atoms with Crippen LogP contribution in [-0.2, 0) is 0 Å². The van der Waals surface area contributed by atoms with Crippen molar-refractivity contribution in [3.63, 3.8) is 0 Å². The van der Waals surface area contributed by atoms with Gasteiger partial charge in [-0.3, -0.25) is 24.5 Å². The first-order chi connectivity index (χ1) is 18.4.